The number of ketones is 1. The fourth-order valence-corrected chi connectivity index (χ4v) is 2.46. The molecule has 0 aliphatic carbocycles. The standard InChI is InChI=1S/C16H24N2O2/c1-20-16-7-4-14(5-8-16)3-6-15(19)13-18-11-2-9-17-10-12-18/h4-5,7-8,17H,2-3,6,9-13H2,1H3. The Morgan fingerprint density at radius 2 is 2.05 bits per heavy atom. The summed E-state index contributed by atoms with van der Waals surface area (Å²) in [5.41, 5.74) is 1.19. The molecule has 0 radical (unpaired) electrons. The lowest BCUT2D eigenvalue weighted by Gasteiger charge is -2.18. The van der Waals surface area contributed by atoms with Gasteiger partial charge in [-0.15, -0.1) is 0 Å². The van der Waals surface area contributed by atoms with Gasteiger partial charge < -0.3 is 10.1 Å². The van der Waals surface area contributed by atoms with Crippen molar-refractivity contribution in [3.05, 3.63) is 29.8 Å². The Balaban J connectivity index is 1.73. The molecule has 1 aliphatic rings. The quantitative estimate of drug-likeness (QED) is 0.855. The van der Waals surface area contributed by atoms with E-state index in [-0.39, 0.29) is 0 Å². The lowest BCUT2D eigenvalue weighted by molar-refractivity contribution is -0.120. The normalized spacial score (nSPS) is 16.6. The largest absolute Gasteiger partial charge is 0.497 e. The molecule has 4 heteroatoms. The first-order valence-electron chi connectivity index (χ1n) is 7.35. The van der Waals surface area contributed by atoms with E-state index in [1.54, 1.807) is 7.11 Å². The van der Waals surface area contributed by atoms with E-state index in [0.29, 0.717) is 18.7 Å². The van der Waals surface area contributed by atoms with Gasteiger partial charge in [-0.3, -0.25) is 9.69 Å². The zero-order valence-corrected chi connectivity index (χ0v) is 12.2. The van der Waals surface area contributed by atoms with Crippen LogP contribution in [-0.2, 0) is 11.2 Å². The summed E-state index contributed by atoms with van der Waals surface area (Å²) < 4.78 is 5.13. The van der Waals surface area contributed by atoms with E-state index < -0.39 is 0 Å². The highest BCUT2D eigenvalue weighted by Gasteiger charge is 2.12. The van der Waals surface area contributed by atoms with Crippen LogP contribution in [0, 0.1) is 0 Å². The summed E-state index contributed by atoms with van der Waals surface area (Å²) >= 11 is 0. The van der Waals surface area contributed by atoms with Gasteiger partial charge in [0.05, 0.1) is 13.7 Å². The highest BCUT2D eigenvalue weighted by atomic mass is 16.5. The number of benzene rings is 1. The maximum absolute atomic E-state index is 12.0. The van der Waals surface area contributed by atoms with Crippen LogP contribution in [0.4, 0.5) is 0 Å². The predicted octanol–water partition coefficient (Wildman–Crippen LogP) is 1.49. The molecule has 0 aromatic heterocycles. The number of carbonyl (C=O) groups excluding carboxylic acids is 1. The molecule has 1 aromatic rings. The van der Waals surface area contributed by atoms with Crippen molar-refractivity contribution < 1.29 is 9.53 Å². The van der Waals surface area contributed by atoms with E-state index in [1.165, 1.54) is 5.56 Å². The van der Waals surface area contributed by atoms with E-state index in [2.05, 4.69) is 10.2 Å². The molecule has 0 amide bonds. The Labute approximate surface area is 121 Å². The third-order valence-electron chi connectivity index (χ3n) is 3.68. The average molecular weight is 276 g/mol. The second-order valence-electron chi connectivity index (χ2n) is 5.27. The van der Waals surface area contributed by atoms with Crippen molar-refractivity contribution >= 4 is 5.78 Å². The number of nitrogens with one attached hydrogen (secondary N) is 1. The van der Waals surface area contributed by atoms with Crippen molar-refractivity contribution in [1.29, 1.82) is 0 Å². The van der Waals surface area contributed by atoms with Crippen LogP contribution in [0.3, 0.4) is 0 Å². The zero-order valence-electron chi connectivity index (χ0n) is 12.2. The SMILES string of the molecule is COc1ccc(CCC(=O)CN2CCCNCC2)cc1. The molecule has 1 heterocycles. The Kier molecular flexibility index (Phi) is 6.02. The smallest absolute Gasteiger partial charge is 0.147 e. The van der Waals surface area contributed by atoms with Crippen LogP contribution in [-0.4, -0.2) is 50.5 Å². The van der Waals surface area contributed by atoms with Gasteiger partial charge in [0.2, 0.25) is 0 Å². The number of hydrogen-bond donors (Lipinski definition) is 1. The molecule has 0 bridgehead atoms. The van der Waals surface area contributed by atoms with Crippen LogP contribution in [0.2, 0.25) is 0 Å². The summed E-state index contributed by atoms with van der Waals surface area (Å²) in [4.78, 5) is 14.3. The van der Waals surface area contributed by atoms with Crippen LogP contribution in [0.1, 0.15) is 18.4 Å². The number of carbonyl (C=O) groups is 1. The number of aryl methyl sites for hydroxylation is 1. The summed E-state index contributed by atoms with van der Waals surface area (Å²) in [5.74, 6) is 1.19. The van der Waals surface area contributed by atoms with Gasteiger partial charge in [-0.25, -0.2) is 0 Å². The highest BCUT2D eigenvalue weighted by molar-refractivity contribution is 5.80. The molecule has 0 spiro atoms. The number of hydrogen-bond acceptors (Lipinski definition) is 4. The Morgan fingerprint density at radius 3 is 2.80 bits per heavy atom. The molecule has 0 atom stereocenters. The first-order valence-corrected chi connectivity index (χ1v) is 7.35. The van der Waals surface area contributed by atoms with Crippen molar-refractivity contribution in [2.45, 2.75) is 19.3 Å². The summed E-state index contributed by atoms with van der Waals surface area (Å²) in [6.07, 6.45) is 2.57. The van der Waals surface area contributed by atoms with Crippen LogP contribution in [0.5, 0.6) is 5.75 Å². The predicted molar refractivity (Wildman–Crippen MR) is 80.2 cm³/mol. The molecule has 1 aromatic carbocycles. The lowest BCUT2D eigenvalue weighted by atomic mass is 10.1. The molecular weight excluding hydrogens is 252 g/mol. The molecule has 4 nitrogen and oxygen atoms in total. The van der Waals surface area contributed by atoms with Gasteiger partial charge in [0.15, 0.2) is 0 Å². The third-order valence-corrected chi connectivity index (χ3v) is 3.68. The fourth-order valence-electron chi connectivity index (χ4n) is 2.46. The van der Waals surface area contributed by atoms with Crippen molar-refractivity contribution in [3.8, 4) is 5.75 Å². The second-order valence-corrected chi connectivity index (χ2v) is 5.27. The van der Waals surface area contributed by atoms with Crippen LogP contribution in [0.15, 0.2) is 24.3 Å². The van der Waals surface area contributed by atoms with Crippen LogP contribution < -0.4 is 10.1 Å². The van der Waals surface area contributed by atoms with Crippen LogP contribution in [0.25, 0.3) is 0 Å². The number of methoxy groups -OCH3 is 1. The molecule has 1 fully saturated rings. The number of nitrogens with zero attached hydrogens (tertiary/aromatic N) is 1. The number of ether oxygens (including phenoxy) is 1. The van der Waals surface area contributed by atoms with Gasteiger partial charge in [-0.05, 0) is 43.6 Å². The van der Waals surface area contributed by atoms with E-state index in [0.717, 1.165) is 44.8 Å². The molecule has 2 rings (SSSR count). The lowest BCUT2D eigenvalue weighted by Crippen LogP contribution is -2.33. The highest BCUT2D eigenvalue weighted by Crippen LogP contribution is 2.12. The maximum atomic E-state index is 12.0. The van der Waals surface area contributed by atoms with E-state index >= 15 is 0 Å². The molecule has 1 aliphatic heterocycles. The van der Waals surface area contributed by atoms with Gasteiger partial charge >= 0.3 is 0 Å². The monoisotopic (exact) mass is 276 g/mol. The minimum absolute atomic E-state index is 0.336. The maximum Gasteiger partial charge on any atom is 0.147 e. The van der Waals surface area contributed by atoms with Gasteiger partial charge in [0.25, 0.3) is 0 Å². The van der Waals surface area contributed by atoms with Gasteiger partial charge in [-0.2, -0.15) is 0 Å². The van der Waals surface area contributed by atoms with Crippen molar-refractivity contribution in [1.82, 2.24) is 10.2 Å². The topological polar surface area (TPSA) is 41.6 Å². The second kappa shape index (κ2) is 8.02. The minimum atomic E-state index is 0.336. The van der Waals surface area contributed by atoms with E-state index in [1.807, 2.05) is 24.3 Å². The summed E-state index contributed by atoms with van der Waals surface area (Å²) in [7, 11) is 1.66. The van der Waals surface area contributed by atoms with Crippen LogP contribution >= 0.6 is 0 Å². The van der Waals surface area contributed by atoms with Crippen molar-refractivity contribution in [3.63, 3.8) is 0 Å². The molecule has 110 valence electrons. The first-order chi connectivity index (χ1) is 9.78. The molecule has 20 heavy (non-hydrogen) atoms. The Hall–Kier alpha value is -1.39. The summed E-state index contributed by atoms with van der Waals surface area (Å²) in [6, 6.07) is 7.95. The van der Waals surface area contributed by atoms with Crippen molar-refractivity contribution in [2.75, 3.05) is 39.8 Å². The average Bonchev–Trinajstić information content (AvgIpc) is 2.74. The van der Waals surface area contributed by atoms with Gasteiger partial charge in [0.1, 0.15) is 11.5 Å². The Morgan fingerprint density at radius 1 is 1.25 bits per heavy atom. The van der Waals surface area contributed by atoms with Gasteiger partial charge in [0, 0.05) is 19.5 Å². The zero-order chi connectivity index (χ0) is 14.2. The molecule has 1 saturated heterocycles. The van der Waals surface area contributed by atoms with Crippen molar-refractivity contribution in [2.24, 2.45) is 0 Å². The first kappa shape index (κ1) is 15.0. The summed E-state index contributed by atoms with van der Waals surface area (Å²) in [5, 5.41) is 3.35. The molecule has 0 unspecified atom stereocenters. The number of Topliss-reactive ketones (excluding diaryl/α,β-unsaturated/α-hetero) is 1. The minimum Gasteiger partial charge on any atom is -0.497 e. The third kappa shape index (κ3) is 4.94. The molecule has 1 N–H and O–H groups in total. The summed E-state index contributed by atoms with van der Waals surface area (Å²) in [6.45, 7) is 4.66. The number of rotatable bonds is 6. The molecule has 0 saturated carbocycles. The Bertz CT molecular complexity index is 409. The van der Waals surface area contributed by atoms with E-state index in [9.17, 15) is 4.79 Å². The van der Waals surface area contributed by atoms with E-state index in [4.69, 9.17) is 4.74 Å². The fraction of sp³-hybridized carbons (Fsp3) is 0.562. The van der Waals surface area contributed by atoms with Gasteiger partial charge in [-0.1, -0.05) is 12.1 Å². The molecular formula is C16H24N2O2.